The molecule has 0 radical (unpaired) electrons. The Morgan fingerprint density at radius 3 is 1.13 bits per heavy atom. The molecule has 6 N–H and O–H groups in total. The molecule has 0 unspecified atom stereocenters. The number of methoxy groups -OCH3 is 4. The van der Waals surface area contributed by atoms with Gasteiger partial charge in [0.05, 0.1) is 28.4 Å². The molecule has 0 aliphatic carbocycles. The minimum absolute atomic E-state index is 0.177. The summed E-state index contributed by atoms with van der Waals surface area (Å²) in [5, 5.41) is 27.4. The van der Waals surface area contributed by atoms with Crippen molar-refractivity contribution in [2.45, 2.75) is 77.5 Å². The zero-order valence-electron chi connectivity index (χ0n) is 40.4. The molecule has 2 aliphatic heterocycles. The summed E-state index contributed by atoms with van der Waals surface area (Å²) in [4.78, 5) is 30.1. The van der Waals surface area contributed by atoms with Crippen molar-refractivity contribution >= 4 is 34.8 Å². The van der Waals surface area contributed by atoms with Crippen LogP contribution in [0.5, 0.6) is 23.0 Å². The lowest BCUT2D eigenvalue weighted by atomic mass is 10.1. The number of amides is 2. The molecule has 0 saturated carbocycles. The van der Waals surface area contributed by atoms with Crippen LogP contribution in [0.4, 0.5) is 23.0 Å². The average Bonchev–Trinajstić information content (AvgIpc) is 4.00. The van der Waals surface area contributed by atoms with E-state index in [0.29, 0.717) is 46.9 Å². The molecular formula is C52H66N10O6. The van der Waals surface area contributed by atoms with E-state index in [1.165, 1.54) is 0 Å². The van der Waals surface area contributed by atoms with Crippen LogP contribution in [0.2, 0.25) is 0 Å². The van der Waals surface area contributed by atoms with Crippen LogP contribution in [-0.2, 0) is 25.7 Å². The second kappa shape index (κ2) is 23.1. The van der Waals surface area contributed by atoms with Crippen LogP contribution >= 0.6 is 0 Å². The molecule has 8 rings (SSSR count). The molecule has 4 heterocycles. The first-order valence-electron chi connectivity index (χ1n) is 23.2. The number of nitrogens with one attached hydrogen (secondary N) is 6. The van der Waals surface area contributed by atoms with Crippen LogP contribution in [0.15, 0.2) is 97.1 Å². The molecule has 4 atom stereocenters. The van der Waals surface area contributed by atoms with Crippen molar-refractivity contribution in [2.24, 2.45) is 0 Å². The van der Waals surface area contributed by atoms with E-state index in [0.717, 1.165) is 109 Å². The second-order valence-electron chi connectivity index (χ2n) is 17.7. The van der Waals surface area contributed by atoms with Crippen LogP contribution in [0.1, 0.15) is 70.9 Å². The molecule has 0 spiro atoms. The number of piperazine rings is 2. The minimum atomic E-state index is -0.177. The molecular weight excluding hydrogens is 861 g/mol. The molecule has 2 fully saturated rings. The maximum absolute atomic E-state index is 12.7. The van der Waals surface area contributed by atoms with E-state index >= 15 is 0 Å². The highest BCUT2D eigenvalue weighted by molar-refractivity contribution is 6.04. The van der Waals surface area contributed by atoms with Crippen LogP contribution < -0.4 is 50.0 Å². The molecule has 0 bridgehead atoms. The molecule has 360 valence electrons. The quantitative estimate of drug-likeness (QED) is 0.0571. The standard InChI is InChI=1S/2C26H33N5O3/c2*1-17-15-31(16-18(2)27-17)22-9-6-20(7-10-22)26(32)28-25-13-21(29-30-25)8-5-19-11-23(33-3)14-24(12-19)34-4/h2*6-7,9-14,17-18,27H,5,8,15-16H2,1-4H3,(H2,28,29,30,32)/t2*17-,18+. The first-order chi connectivity index (χ1) is 32.9. The number of carbonyl (C=O) groups is 2. The van der Waals surface area contributed by atoms with Crippen molar-refractivity contribution in [1.82, 2.24) is 31.0 Å². The second-order valence-corrected chi connectivity index (χ2v) is 17.7. The number of aromatic nitrogens is 4. The Hall–Kier alpha value is -7.04. The summed E-state index contributed by atoms with van der Waals surface area (Å²) in [6.07, 6.45) is 3.06. The number of hydrogen-bond donors (Lipinski definition) is 6. The molecule has 2 amide bonds. The molecule has 4 aromatic carbocycles. The van der Waals surface area contributed by atoms with Gasteiger partial charge in [0.2, 0.25) is 0 Å². The highest BCUT2D eigenvalue weighted by atomic mass is 16.5. The maximum Gasteiger partial charge on any atom is 0.256 e. The van der Waals surface area contributed by atoms with Crippen LogP contribution in [0, 0.1) is 0 Å². The number of ether oxygens (including phenoxy) is 4. The fourth-order valence-electron chi connectivity index (χ4n) is 8.79. The fraction of sp³-hybridized carbons (Fsp3) is 0.385. The van der Waals surface area contributed by atoms with E-state index in [1.54, 1.807) is 28.4 Å². The lowest BCUT2D eigenvalue weighted by Crippen LogP contribution is -2.54. The summed E-state index contributed by atoms with van der Waals surface area (Å²) in [5.74, 6) is 3.72. The molecule has 68 heavy (non-hydrogen) atoms. The number of H-pyrrole nitrogens is 2. The summed E-state index contributed by atoms with van der Waals surface area (Å²) < 4.78 is 21.3. The Bertz CT molecular complexity index is 2340. The predicted octanol–water partition coefficient (Wildman–Crippen LogP) is 7.30. The largest absolute Gasteiger partial charge is 0.497 e. The number of carbonyl (C=O) groups excluding carboxylic acids is 2. The molecule has 2 saturated heterocycles. The predicted molar refractivity (Wildman–Crippen MR) is 268 cm³/mol. The van der Waals surface area contributed by atoms with E-state index in [-0.39, 0.29) is 11.8 Å². The summed E-state index contributed by atoms with van der Waals surface area (Å²) in [7, 11) is 6.56. The van der Waals surface area contributed by atoms with Gasteiger partial charge in [-0.05, 0) is 137 Å². The van der Waals surface area contributed by atoms with Gasteiger partial charge in [-0.15, -0.1) is 0 Å². The summed E-state index contributed by atoms with van der Waals surface area (Å²) >= 11 is 0. The van der Waals surface area contributed by atoms with E-state index in [9.17, 15) is 9.59 Å². The van der Waals surface area contributed by atoms with Crippen molar-refractivity contribution in [1.29, 1.82) is 0 Å². The summed E-state index contributed by atoms with van der Waals surface area (Å²) in [6.45, 7) is 12.6. The molecule has 16 heteroatoms. The Kier molecular flexibility index (Phi) is 16.6. The van der Waals surface area contributed by atoms with Gasteiger partial charge in [0, 0.05) is 109 Å². The lowest BCUT2D eigenvalue weighted by Gasteiger charge is -2.37. The molecule has 16 nitrogen and oxygen atoms in total. The summed E-state index contributed by atoms with van der Waals surface area (Å²) in [6, 6.07) is 32.7. The number of hydrogen-bond acceptors (Lipinski definition) is 12. The van der Waals surface area contributed by atoms with Gasteiger partial charge in [0.1, 0.15) is 23.0 Å². The van der Waals surface area contributed by atoms with Gasteiger partial charge in [0.15, 0.2) is 11.6 Å². The first-order valence-corrected chi connectivity index (χ1v) is 23.2. The van der Waals surface area contributed by atoms with Gasteiger partial charge in [-0.3, -0.25) is 19.8 Å². The fourth-order valence-corrected chi connectivity index (χ4v) is 8.79. The van der Waals surface area contributed by atoms with Crippen molar-refractivity contribution < 1.29 is 28.5 Å². The lowest BCUT2D eigenvalue weighted by molar-refractivity contribution is 0.101. The Morgan fingerprint density at radius 2 is 0.824 bits per heavy atom. The molecule has 2 aromatic heterocycles. The number of nitrogens with zero attached hydrogens (tertiary/aromatic N) is 4. The van der Waals surface area contributed by atoms with E-state index in [1.807, 2.05) is 97.1 Å². The normalized spacial score (nSPS) is 17.9. The average molecular weight is 927 g/mol. The monoisotopic (exact) mass is 927 g/mol. The van der Waals surface area contributed by atoms with Crippen LogP contribution in [0.25, 0.3) is 0 Å². The smallest absolute Gasteiger partial charge is 0.256 e. The third-order valence-electron chi connectivity index (χ3n) is 12.0. The first kappa shape index (κ1) is 48.9. The number of benzene rings is 4. The Balaban J connectivity index is 0.000000201. The van der Waals surface area contributed by atoms with Gasteiger partial charge in [0.25, 0.3) is 11.8 Å². The maximum atomic E-state index is 12.7. The summed E-state index contributed by atoms with van der Waals surface area (Å²) in [5.41, 5.74) is 7.56. The van der Waals surface area contributed by atoms with Gasteiger partial charge in [-0.25, -0.2) is 0 Å². The van der Waals surface area contributed by atoms with Gasteiger partial charge in [-0.2, -0.15) is 10.2 Å². The Morgan fingerprint density at radius 1 is 0.500 bits per heavy atom. The zero-order valence-corrected chi connectivity index (χ0v) is 40.4. The number of anilines is 4. The van der Waals surface area contributed by atoms with Gasteiger partial charge in [-0.1, -0.05) is 0 Å². The minimum Gasteiger partial charge on any atom is -0.497 e. The van der Waals surface area contributed by atoms with Crippen LogP contribution in [-0.4, -0.2) is 111 Å². The zero-order chi connectivity index (χ0) is 48.2. The van der Waals surface area contributed by atoms with E-state index in [2.05, 4.69) is 79.2 Å². The molecule has 2 aliphatic rings. The van der Waals surface area contributed by atoms with Crippen molar-refractivity contribution in [3.05, 3.63) is 131 Å². The topological polar surface area (TPSA) is 183 Å². The van der Waals surface area contributed by atoms with E-state index in [4.69, 9.17) is 18.9 Å². The highest BCUT2D eigenvalue weighted by Crippen LogP contribution is 2.26. The van der Waals surface area contributed by atoms with Gasteiger partial charge < -0.3 is 50.0 Å². The number of rotatable bonds is 16. The number of aromatic amines is 2. The van der Waals surface area contributed by atoms with E-state index < -0.39 is 0 Å². The SMILES string of the molecule is COc1cc(CCc2cc(NC(=O)c3ccc(N4C[C@@H](C)N[C@@H](C)C4)cc3)n[nH]2)cc(OC)c1.COc1cc(CCc2cc(NC(=O)c3ccc(N4C[C@@H](C)N[C@@H](C)C4)cc3)n[nH]2)cc(OC)c1. The van der Waals surface area contributed by atoms with Gasteiger partial charge >= 0.3 is 0 Å². The molecule has 6 aromatic rings. The third kappa shape index (κ3) is 13.5. The third-order valence-corrected chi connectivity index (χ3v) is 12.0. The Labute approximate surface area is 399 Å². The van der Waals surface area contributed by atoms with Crippen LogP contribution in [0.3, 0.4) is 0 Å². The van der Waals surface area contributed by atoms with Crippen molar-refractivity contribution in [3.8, 4) is 23.0 Å². The highest BCUT2D eigenvalue weighted by Gasteiger charge is 2.23. The number of aryl methyl sites for hydroxylation is 4. The van der Waals surface area contributed by atoms with Crippen molar-refractivity contribution in [2.75, 3.05) is 75.1 Å². The van der Waals surface area contributed by atoms with Crippen molar-refractivity contribution in [3.63, 3.8) is 0 Å².